The Labute approximate surface area is 166 Å². The number of thioether (sulfide) groups is 1. The zero-order valence-corrected chi connectivity index (χ0v) is 17.3. The second-order valence-corrected chi connectivity index (χ2v) is 9.45. The number of carbonyl (C=O) groups excluding carboxylic acids is 2. The van der Waals surface area contributed by atoms with Crippen molar-refractivity contribution >= 4 is 50.7 Å². The summed E-state index contributed by atoms with van der Waals surface area (Å²) in [6.45, 7) is 7.45. The summed E-state index contributed by atoms with van der Waals surface area (Å²) < 4.78 is 0. The Kier molecular flexibility index (Phi) is 5.62. The highest BCUT2D eigenvalue weighted by Crippen LogP contribution is 2.31. The first-order chi connectivity index (χ1) is 12.8. The second kappa shape index (κ2) is 7.78. The van der Waals surface area contributed by atoms with Gasteiger partial charge >= 0.3 is 0 Å². The van der Waals surface area contributed by atoms with Gasteiger partial charge in [0, 0.05) is 22.1 Å². The van der Waals surface area contributed by atoms with Gasteiger partial charge in [0.25, 0.3) is 0 Å². The van der Waals surface area contributed by atoms with Gasteiger partial charge in [-0.05, 0) is 42.6 Å². The van der Waals surface area contributed by atoms with Crippen molar-refractivity contribution in [3.8, 4) is 0 Å². The number of anilines is 1. The van der Waals surface area contributed by atoms with Gasteiger partial charge in [-0.2, -0.15) is 0 Å². The zero-order valence-electron chi connectivity index (χ0n) is 15.6. The number of Topliss-reactive ketones (excluding diaryl/α,β-unsaturated/α-hetero) is 1. The monoisotopic (exact) mass is 399 g/mol. The number of hydrogen-bond donors (Lipinski definition) is 1. The van der Waals surface area contributed by atoms with Gasteiger partial charge in [-0.25, -0.2) is 9.97 Å². The van der Waals surface area contributed by atoms with E-state index in [-0.39, 0.29) is 16.9 Å². The van der Waals surface area contributed by atoms with E-state index in [2.05, 4.69) is 15.3 Å². The number of fused-ring (bicyclic) bond motifs is 1. The summed E-state index contributed by atoms with van der Waals surface area (Å²) in [5.41, 5.74) is 0.825. The normalized spacial score (nSPS) is 12.7. The maximum atomic E-state index is 12.8. The minimum Gasteiger partial charge on any atom is -0.326 e. The Morgan fingerprint density at radius 3 is 2.48 bits per heavy atom. The lowest BCUT2D eigenvalue weighted by molar-refractivity contribution is -0.123. The van der Waals surface area contributed by atoms with Crippen LogP contribution in [0.15, 0.2) is 47.1 Å². The van der Waals surface area contributed by atoms with Crippen molar-refractivity contribution in [3.63, 3.8) is 0 Å². The molecule has 5 nitrogen and oxygen atoms in total. The molecule has 3 aromatic rings. The first-order valence-corrected chi connectivity index (χ1v) is 10.3. The molecule has 0 saturated carbocycles. The Morgan fingerprint density at radius 1 is 1.11 bits per heavy atom. The number of nitrogens with zero attached hydrogens (tertiary/aromatic N) is 2. The van der Waals surface area contributed by atoms with Crippen LogP contribution in [0.2, 0.25) is 0 Å². The second-order valence-electron chi connectivity index (χ2n) is 7.22. The van der Waals surface area contributed by atoms with Gasteiger partial charge in [-0.1, -0.05) is 32.5 Å². The number of carbonyl (C=O) groups is 2. The van der Waals surface area contributed by atoms with Crippen molar-refractivity contribution in [1.82, 2.24) is 9.97 Å². The first-order valence-electron chi connectivity index (χ1n) is 8.56. The Balaban J connectivity index is 1.70. The van der Waals surface area contributed by atoms with Crippen LogP contribution < -0.4 is 5.32 Å². The molecule has 2 heterocycles. The molecule has 0 spiro atoms. The molecule has 0 aliphatic carbocycles. The SMILES string of the molecule is C[C@@H](Sc1ncnc2sccc12)C(=O)c1ccc(NC(=O)C(C)(C)C)cc1. The summed E-state index contributed by atoms with van der Waals surface area (Å²) in [4.78, 5) is 34.3. The molecule has 2 aromatic heterocycles. The third-order valence-corrected chi connectivity index (χ3v) is 5.93. The van der Waals surface area contributed by atoms with Gasteiger partial charge in [-0.15, -0.1) is 11.3 Å². The lowest BCUT2D eigenvalue weighted by Gasteiger charge is -2.17. The largest absolute Gasteiger partial charge is 0.326 e. The fourth-order valence-corrected chi connectivity index (χ4v) is 4.13. The molecule has 1 N–H and O–H groups in total. The van der Waals surface area contributed by atoms with E-state index in [0.717, 1.165) is 15.2 Å². The highest BCUT2D eigenvalue weighted by Gasteiger charge is 2.22. The van der Waals surface area contributed by atoms with Crippen molar-refractivity contribution in [2.75, 3.05) is 5.32 Å². The third kappa shape index (κ3) is 4.54. The number of thiophene rings is 1. The van der Waals surface area contributed by atoms with Gasteiger partial charge in [0.05, 0.1) is 5.25 Å². The van der Waals surface area contributed by atoms with E-state index < -0.39 is 5.41 Å². The molecule has 0 aliphatic heterocycles. The van der Waals surface area contributed by atoms with Crippen LogP contribution in [0.3, 0.4) is 0 Å². The van der Waals surface area contributed by atoms with E-state index in [1.165, 1.54) is 18.1 Å². The van der Waals surface area contributed by atoms with Crippen LogP contribution in [0.1, 0.15) is 38.1 Å². The predicted molar refractivity (Wildman–Crippen MR) is 112 cm³/mol. The van der Waals surface area contributed by atoms with Crippen LogP contribution in [-0.4, -0.2) is 26.9 Å². The predicted octanol–water partition coefficient (Wildman–Crippen LogP) is 5.04. The summed E-state index contributed by atoms with van der Waals surface area (Å²) in [6, 6.07) is 8.99. The lowest BCUT2D eigenvalue weighted by Crippen LogP contribution is -2.27. The number of ketones is 1. The molecule has 0 radical (unpaired) electrons. The average Bonchev–Trinajstić information content (AvgIpc) is 3.10. The van der Waals surface area contributed by atoms with Crippen LogP contribution in [0.25, 0.3) is 10.2 Å². The van der Waals surface area contributed by atoms with Gasteiger partial charge in [0.15, 0.2) is 5.78 Å². The van der Waals surface area contributed by atoms with Gasteiger partial charge in [-0.3, -0.25) is 9.59 Å². The minimum atomic E-state index is -0.468. The van der Waals surface area contributed by atoms with Crippen LogP contribution in [0.4, 0.5) is 5.69 Å². The number of amides is 1. The Morgan fingerprint density at radius 2 is 1.81 bits per heavy atom. The van der Waals surface area contributed by atoms with E-state index in [9.17, 15) is 9.59 Å². The molecule has 7 heteroatoms. The highest BCUT2D eigenvalue weighted by molar-refractivity contribution is 8.00. The van der Waals surface area contributed by atoms with E-state index in [1.807, 2.05) is 39.1 Å². The van der Waals surface area contributed by atoms with Crippen molar-refractivity contribution in [3.05, 3.63) is 47.6 Å². The van der Waals surface area contributed by atoms with Gasteiger partial charge in [0.1, 0.15) is 16.2 Å². The van der Waals surface area contributed by atoms with Crippen molar-refractivity contribution in [2.24, 2.45) is 5.41 Å². The third-order valence-electron chi connectivity index (χ3n) is 3.99. The summed E-state index contributed by atoms with van der Waals surface area (Å²) in [5, 5.41) is 6.35. The molecule has 1 aromatic carbocycles. The first kappa shape index (κ1) is 19.5. The number of nitrogens with one attached hydrogen (secondary N) is 1. The van der Waals surface area contributed by atoms with Gasteiger partial charge < -0.3 is 5.32 Å². The summed E-state index contributed by atoms with van der Waals surface area (Å²) in [5.74, 6) is -0.0373. The van der Waals surface area contributed by atoms with Crippen molar-refractivity contribution < 1.29 is 9.59 Å². The fourth-order valence-electron chi connectivity index (χ4n) is 2.35. The summed E-state index contributed by atoms with van der Waals surface area (Å²) >= 11 is 2.99. The smallest absolute Gasteiger partial charge is 0.229 e. The van der Waals surface area contributed by atoms with E-state index in [1.54, 1.807) is 35.6 Å². The number of benzene rings is 1. The number of aromatic nitrogens is 2. The van der Waals surface area contributed by atoms with Gasteiger partial charge in [0.2, 0.25) is 5.91 Å². The van der Waals surface area contributed by atoms with Crippen LogP contribution in [0, 0.1) is 5.41 Å². The van der Waals surface area contributed by atoms with Crippen LogP contribution in [-0.2, 0) is 4.79 Å². The molecule has 3 rings (SSSR count). The Hall–Kier alpha value is -2.25. The molecule has 140 valence electrons. The van der Waals surface area contributed by atoms with Crippen molar-refractivity contribution in [1.29, 1.82) is 0 Å². The highest BCUT2D eigenvalue weighted by atomic mass is 32.2. The maximum absolute atomic E-state index is 12.8. The maximum Gasteiger partial charge on any atom is 0.229 e. The van der Waals surface area contributed by atoms with E-state index >= 15 is 0 Å². The molecule has 0 saturated heterocycles. The average molecular weight is 400 g/mol. The Bertz CT molecular complexity index is 975. The van der Waals surface area contributed by atoms with E-state index in [0.29, 0.717) is 11.3 Å². The van der Waals surface area contributed by atoms with E-state index in [4.69, 9.17) is 0 Å². The molecule has 0 unspecified atom stereocenters. The fraction of sp³-hybridized carbons (Fsp3) is 0.300. The summed E-state index contributed by atoms with van der Waals surface area (Å²) in [7, 11) is 0. The van der Waals surface area contributed by atoms with Crippen molar-refractivity contribution in [2.45, 2.75) is 38.0 Å². The van der Waals surface area contributed by atoms with Crippen LogP contribution >= 0.6 is 23.1 Å². The molecule has 1 amide bonds. The molecule has 0 aliphatic rings. The minimum absolute atomic E-state index is 0.0238. The summed E-state index contributed by atoms with van der Waals surface area (Å²) in [6.07, 6.45) is 1.53. The van der Waals surface area contributed by atoms with Crippen LogP contribution in [0.5, 0.6) is 0 Å². The molecular formula is C20H21N3O2S2. The topological polar surface area (TPSA) is 72.0 Å². The molecule has 1 atom stereocenters. The standard InChI is InChI=1S/C20H21N3O2S2/c1-12(27-18-15-9-10-26-17(15)21-11-22-18)16(24)13-5-7-14(8-6-13)23-19(25)20(2,3)4/h5-12H,1-4H3,(H,23,25)/t12-/m1/s1. The quantitative estimate of drug-likeness (QED) is 0.370. The molecule has 0 bridgehead atoms. The number of rotatable bonds is 5. The molecule has 0 fully saturated rings. The lowest BCUT2D eigenvalue weighted by atomic mass is 9.95. The molecular weight excluding hydrogens is 378 g/mol. The molecule has 27 heavy (non-hydrogen) atoms. The number of hydrogen-bond acceptors (Lipinski definition) is 6. The zero-order chi connectivity index (χ0) is 19.6.